The zero-order valence-corrected chi connectivity index (χ0v) is 11.9. The third-order valence-electron chi connectivity index (χ3n) is 3.78. The number of rotatable bonds is 3. The standard InChI is InChI=1S/C19H17NO/c1-19(21,18-8-5-13-20-14-18)17-11-9-16(10-12-17)15-6-3-2-4-7-15/h2-14,21H,1H3/t19-/m0/s1. The Morgan fingerprint density at radius 1 is 0.762 bits per heavy atom. The molecule has 1 aromatic heterocycles. The van der Waals surface area contributed by atoms with Crippen LogP contribution in [0, 0.1) is 0 Å². The van der Waals surface area contributed by atoms with Crippen molar-refractivity contribution in [1.82, 2.24) is 4.98 Å². The van der Waals surface area contributed by atoms with Crippen molar-refractivity contribution in [2.24, 2.45) is 0 Å². The molecule has 2 nitrogen and oxygen atoms in total. The van der Waals surface area contributed by atoms with Gasteiger partial charge in [-0.2, -0.15) is 0 Å². The summed E-state index contributed by atoms with van der Waals surface area (Å²) in [6, 6.07) is 21.9. The molecule has 0 amide bonds. The number of hydrogen-bond donors (Lipinski definition) is 1. The quantitative estimate of drug-likeness (QED) is 0.783. The van der Waals surface area contributed by atoms with Crippen LogP contribution >= 0.6 is 0 Å². The monoisotopic (exact) mass is 275 g/mol. The van der Waals surface area contributed by atoms with Crippen molar-refractivity contribution in [3.63, 3.8) is 0 Å². The van der Waals surface area contributed by atoms with Gasteiger partial charge in [0.05, 0.1) is 0 Å². The predicted octanol–water partition coefficient (Wildman–Crippen LogP) is 4.00. The number of aromatic nitrogens is 1. The molecule has 3 aromatic rings. The number of nitrogens with zero attached hydrogens (tertiary/aromatic N) is 1. The van der Waals surface area contributed by atoms with E-state index in [0.29, 0.717) is 0 Å². The Hall–Kier alpha value is -2.45. The summed E-state index contributed by atoms with van der Waals surface area (Å²) in [7, 11) is 0. The maximum atomic E-state index is 10.8. The second-order valence-corrected chi connectivity index (χ2v) is 5.26. The van der Waals surface area contributed by atoms with Crippen LogP contribution in [-0.4, -0.2) is 10.1 Å². The molecule has 0 fully saturated rings. The lowest BCUT2D eigenvalue weighted by Gasteiger charge is -2.24. The van der Waals surface area contributed by atoms with Crippen LogP contribution in [0.1, 0.15) is 18.1 Å². The Morgan fingerprint density at radius 3 is 2.05 bits per heavy atom. The lowest BCUT2D eigenvalue weighted by Crippen LogP contribution is -2.22. The van der Waals surface area contributed by atoms with Crippen molar-refractivity contribution in [2.45, 2.75) is 12.5 Å². The highest BCUT2D eigenvalue weighted by atomic mass is 16.3. The molecule has 2 heteroatoms. The summed E-state index contributed by atoms with van der Waals surface area (Å²) in [5.74, 6) is 0. The van der Waals surface area contributed by atoms with E-state index < -0.39 is 5.60 Å². The average molecular weight is 275 g/mol. The van der Waals surface area contributed by atoms with Gasteiger partial charge >= 0.3 is 0 Å². The van der Waals surface area contributed by atoms with E-state index in [0.717, 1.165) is 16.7 Å². The van der Waals surface area contributed by atoms with Gasteiger partial charge in [0.2, 0.25) is 0 Å². The highest BCUT2D eigenvalue weighted by molar-refractivity contribution is 5.63. The molecule has 0 saturated heterocycles. The molecular weight excluding hydrogens is 258 g/mol. The summed E-state index contributed by atoms with van der Waals surface area (Å²) in [5.41, 5.74) is 2.92. The molecule has 0 aliphatic rings. The number of aliphatic hydroxyl groups is 1. The minimum absolute atomic E-state index is 0.789. The van der Waals surface area contributed by atoms with Crippen molar-refractivity contribution >= 4 is 0 Å². The topological polar surface area (TPSA) is 33.1 Å². The summed E-state index contributed by atoms with van der Waals surface area (Å²) in [6.07, 6.45) is 3.41. The second-order valence-electron chi connectivity index (χ2n) is 5.26. The first-order valence-corrected chi connectivity index (χ1v) is 6.97. The van der Waals surface area contributed by atoms with E-state index in [4.69, 9.17) is 0 Å². The fraction of sp³-hybridized carbons (Fsp3) is 0.105. The van der Waals surface area contributed by atoms with Gasteiger partial charge in [0.25, 0.3) is 0 Å². The molecule has 3 rings (SSSR count). The van der Waals surface area contributed by atoms with E-state index in [1.807, 2.05) is 54.6 Å². The third-order valence-corrected chi connectivity index (χ3v) is 3.78. The number of pyridine rings is 1. The summed E-state index contributed by atoms with van der Waals surface area (Å²) in [5, 5.41) is 10.8. The molecular formula is C19H17NO. The van der Waals surface area contributed by atoms with E-state index in [1.165, 1.54) is 5.56 Å². The van der Waals surface area contributed by atoms with Crippen LogP contribution < -0.4 is 0 Å². The minimum Gasteiger partial charge on any atom is -0.381 e. The van der Waals surface area contributed by atoms with Crippen LogP contribution in [0.15, 0.2) is 79.1 Å². The maximum Gasteiger partial charge on any atom is 0.113 e. The SMILES string of the molecule is C[C@](O)(c1ccc(-c2ccccc2)cc1)c1cccnc1. The third kappa shape index (κ3) is 2.71. The lowest BCUT2D eigenvalue weighted by molar-refractivity contribution is 0.102. The smallest absolute Gasteiger partial charge is 0.113 e. The van der Waals surface area contributed by atoms with Crippen molar-refractivity contribution in [3.05, 3.63) is 90.3 Å². The molecule has 1 N–H and O–H groups in total. The van der Waals surface area contributed by atoms with Crippen LogP contribution in [0.3, 0.4) is 0 Å². The normalized spacial score (nSPS) is 13.6. The summed E-state index contributed by atoms with van der Waals surface area (Å²) in [4.78, 5) is 4.08. The highest BCUT2D eigenvalue weighted by Crippen LogP contribution is 2.30. The van der Waals surface area contributed by atoms with Crippen LogP contribution in [0.2, 0.25) is 0 Å². The molecule has 0 radical (unpaired) electrons. The summed E-state index contributed by atoms with van der Waals surface area (Å²) >= 11 is 0. The van der Waals surface area contributed by atoms with Crippen molar-refractivity contribution < 1.29 is 5.11 Å². The molecule has 0 unspecified atom stereocenters. The van der Waals surface area contributed by atoms with E-state index in [-0.39, 0.29) is 0 Å². The highest BCUT2D eigenvalue weighted by Gasteiger charge is 2.25. The van der Waals surface area contributed by atoms with Crippen LogP contribution in [-0.2, 0) is 5.60 Å². The Balaban J connectivity index is 1.94. The Labute approximate surface area is 124 Å². The van der Waals surface area contributed by atoms with Crippen molar-refractivity contribution in [3.8, 4) is 11.1 Å². The summed E-state index contributed by atoms with van der Waals surface area (Å²) < 4.78 is 0. The van der Waals surface area contributed by atoms with E-state index in [9.17, 15) is 5.11 Å². The molecule has 0 spiro atoms. The lowest BCUT2D eigenvalue weighted by atomic mass is 9.88. The molecule has 0 bridgehead atoms. The minimum atomic E-state index is -1.04. The molecule has 0 aliphatic heterocycles. The largest absolute Gasteiger partial charge is 0.381 e. The molecule has 104 valence electrons. The number of hydrogen-bond acceptors (Lipinski definition) is 2. The maximum absolute atomic E-state index is 10.8. The molecule has 1 atom stereocenters. The van der Waals surface area contributed by atoms with Gasteiger partial charge in [0.1, 0.15) is 5.60 Å². The van der Waals surface area contributed by atoms with E-state index >= 15 is 0 Å². The second kappa shape index (κ2) is 5.51. The fourth-order valence-corrected chi connectivity index (χ4v) is 2.44. The van der Waals surface area contributed by atoms with Gasteiger partial charge in [-0.15, -0.1) is 0 Å². The zero-order chi connectivity index (χ0) is 14.7. The molecule has 21 heavy (non-hydrogen) atoms. The fourth-order valence-electron chi connectivity index (χ4n) is 2.44. The van der Waals surface area contributed by atoms with Gasteiger partial charge in [0, 0.05) is 18.0 Å². The van der Waals surface area contributed by atoms with Gasteiger partial charge in [-0.3, -0.25) is 4.98 Å². The number of benzene rings is 2. The van der Waals surface area contributed by atoms with Crippen molar-refractivity contribution in [1.29, 1.82) is 0 Å². The Morgan fingerprint density at radius 2 is 1.43 bits per heavy atom. The summed E-state index contributed by atoms with van der Waals surface area (Å²) in [6.45, 7) is 1.79. The first-order chi connectivity index (χ1) is 10.2. The Bertz CT molecular complexity index is 704. The van der Waals surface area contributed by atoms with Crippen LogP contribution in [0.5, 0.6) is 0 Å². The zero-order valence-electron chi connectivity index (χ0n) is 11.9. The molecule has 1 heterocycles. The molecule has 2 aromatic carbocycles. The predicted molar refractivity (Wildman–Crippen MR) is 84.8 cm³/mol. The Kier molecular flexibility index (Phi) is 3.55. The van der Waals surface area contributed by atoms with E-state index in [2.05, 4.69) is 17.1 Å². The van der Waals surface area contributed by atoms with Crippen molar-refractivity contribution in [2.75, 3.05) is 0 Å². The van der Waals surface area contributed by atoms with Gasteiger partial charge in [-0.25, -0.2) is 0 Å². The molecule has 0 aliphatic carbocycles. The van der Waals surface area contributed by atoms with Crippen LogP contribution in [0.4, 0.5) is 0 Å². The average Bonchev–Trinajstić information content (AvgIpc) is 2.57. The molecule has 0 saturated carbocycles. The first-order valence-electron chi connectivity index (χ1n) is 6.97. The van der Waals surface area contributed by atoms with E-state index in [1.54, 1.807) is 19.3 Å². The van der Waals surface area contributed by atoms with Gasteiger partial charge in [-0.05, 0) is 29.7 Å². The first kappa shape index (κ1) is 13.5. The van der Waals surface area contributed by atoms with Gasteiger partial charge < -0.3 is 5.11 Å². The van der Waals surface area contributed by atoms with Gasteiger partial charge in [0.15, 0.2) is 0 Å². The van der Waals surface area contributed by atoms with Gasteiger partial charge in [-0.1, -0.05) is 60.7 Å². The van der Waals surface area contributed by atoms with Crippen LogP contribution in [0.25, 0.3) is 11.1 Å².